The molecule has 1 heterocycles. The molecule has 0 spiro atoms. The van der Waals surface area contributed by atoms with Crippen molar-refractivity contribution in [2.24, 2.45) is 5.92 Å². The maximum atomic E-state index is 12.0. The average Bonchev–Trinajstić information content (AvgIpc) is 3.19. The predicted molar refractivity (Wildman–Crippen MR) is 82.8 cm³/mol. The first-order valence-electron chi connectivity index (χ1n) is 7.68. The van der Waals surface area contributed by atoms with Crippen LogP contribution in [0.2, 0.25) is 5.02 Å². The van der Waals surface area contributed by atoms with E-state index in [2.05, 4.69) is 0 Å². The first-order chi connectivity index (χ1) is 10.4. The SMILES string of the molecule is CC1(C)OC[C@H](CCOC(=O)[C@@H]2C[C@@H]2c2ccc(Cl)cc2)O1. The van der Waals surface area contributed by atoms with Crippen LogP contribution in [0.3, 0.4) is 0 Å². The molecule has 1 saturated heterocycles. The number of hydrogen-bond acceptors (Lipinski definition) is 4. The van der Waals surface area contributed by atoms with E-state index in [1.54, 1.807) is 0 Å². The lowest BCUT2D eigenvalue weighted by Crippen LogP contribution is -2.22. The van der Waals surface area contributed by atoms with E-state index < -0.39 is 5.79 Å². The molecule has 22 heavy (non-hydrogen) atoms. The molecule has 0 N–H and O–H groups in total. The smallest absolute Gasteiger partial charge is 0.309 e. The fourth-order valence-electron chi connectivity index (χ4n) is 2.84. The zero-order chi connectivity index (χ0) is 15.7. The van der Waals surface area contributed by atoms with Crippen LogP contribution in [-0.4, -0.2) is 31.1 Å². The molecule has 1 saturated carbocycles. The monoisotopic (exact) mass is 324 g/mol. The first-order valence-corrected chi connectivity index (χ1v) is 8.06. The van der Waals surface area contributed by atoms with Gasteiger partial charge in [0.1, 0.15) is 0 Å². The number of benzene rings is 1. The fourth-order valence-corrected chi connectivity index (χ4v) is 2.96. The second-order valence-corrected chi connectivity index (χ2v) is 6.84. The van der Waals surface area contributed by atoms with Gasteiger partial charge in [-0.3, -0.25) is 4.79 Å². The molecule has 1 aromatic carbocycles. The molecule has 5 heteroatoms. The molecule has 2 fully saturated rings. The van der Waals surface area contributed by atoms with Gasteiger partial charge in [0, 0.05) is 11.4 Å². The molecule has 3 rings (SSSR count). The van der Waals surface area contributed by atoms with Crippen LogP contribution in [0.5, 0.6) is 0 Å². The number of esters is 1. The fraction of sp³-hybridized carbons (Fsp3) is 0.588. The maximum Gasteiger partial charge on any atom is 0.309 e. The van der Waals surface area contributed by atoms with E-state index in [-0.39, 0.29) is 23.9 Å². The van der Waals surface area contributed by atoms with Crippen molar-refractivity contribution >= 4 is 17.6 Å². The minimum absolute atomic E-state index is 0.00839. The number of carbonyl (C=O) groups excluding carboxylic acids is 1. The van der Waals surface area contributed by atoms with Gasteiger partial charge in [-0.25, -0.2) is 0 Å². The van der Waals surface area contributed by atoms with E-state index in [1.165, 1.54) is 0 Å². The normalized spacial score (nSPS) is 29.3. The Morgan fingerprint density at radius 3 is 2.73 bits per heavy atom. The quantitative estimate of drug-likeness (QED) is 0.777. The highest BCUT2D eigenvalue weighted by atomic mass is 35.5. The third-order valence-electron chi connectivity index (χ3n) is 4.14. The summed E-state index contributed by atoms with van der Waals surface area (Å²) in [4.78, 5) is 12.0. The van der Waals surface area contributed by atoms with Crippen LogP contribution in [0, 0.1) is 5.92 Å². The van der Waals surface area contributed by atoms with Crippen molar-refractivity contribution in [2.45, 2.75) is 44.5 Å². The molecule has 1 aromatic rings. The molecule has 0 aromatic heterocycles. The summed E-state index contributed by atoms with van der Waals surface area (Å²) in [7, 11) is 0. The van der Waals surface area contributed by atoms with Crippen molar-refractivity contribution in [1.82, 2.24) is 0 Å². The summed E-state index contributed by atoms with van der Waals surface area (Å²) in [5.74, 6) is -0.378. The van der Waals surface area contributed by atoms with Crippen LogP contribution in [0.1, 0.15) is 38.2 Å². The van der Waals surface area contributed by atoms with E-state index >= 15 is 0 Å². The lowest BCUT2D eigenvalue weighted by Gasteiger charge is -2.16. The van der Waals surface area contributed by atoms with E-state index in [0.717, 1.165) is 12.0 Å². The minimum atomic E-state index is -0.523. The van der Waals surface area contributed by atoms with Crippen LogP contribution < -0.4 is 0 Å². The number of ether oxygens (including phenoxy) is 3. The molecule has 0 radical (unpaired) electrons. The number of halogens is 1. The Balaban J connectivity index is 1.40. The average molecular weight is 325 g/mol. The van der Waals surface area contributed by atoms with Gasteiger partial charge in [0.25, 0.3) is 0 Å². The van der Waals surface area contributed by atoms with Crippen LogP contribution in [0.25, 0.3) is 0 Å². The summed E-state index contributed by atoms with van der Waals surface area (Å²) in [6, 6.07) is 7.67. The predicted octanol–water partition coefficient (Wildman–Crippen LogP) is 3.53. The summed E-state index contributed by atoms with van der Waals surface area (Å²) in [6.45, 7) is 4.72. The Labute approximate surface area is 135 Å². The topological polar surface area (TPSA) is 44.8 Å². The Bertz CT molecular complexity index is 540. The van der Waals surface area contributed by atoms with Crippen LogP contribution in [-0.2, 0) is 19.0 Å². The lowest BCUT2D eigenvalue weighted by atomic mass is 10.1. The summed E-state index contributed by atoms with van der Waals surface area (Å²) < 4.78 is 16.5. The Morgan fingerprint density at radius 2 is 2.09 bits per heavy atom. The number of hydrogen-bond donors (Lipinski definition) is 0. The molecule has 120 valence electrons. The Morgan fingerprint density at radius 1 is 1.36 bits per heavy atom. The zero-order valence-electron chi connectivity index (χ0n) is 12.9. The van der Waals surface area contributed by atoms with Gasteiger partial charge in [0.15, 0.2) is 5.79 Å². The van der Waals surface area contributed by atoms with Gasteiger partial charge in [-0.2, -0.15) is 0 Å². The molecule has 2 aliphatic rings. The minimum Gasteiger partial charge on any atom is -0.465 e. The largest absolute Gasteiger partial charge is 0.465 e. The molecule has 0 amide bonds. The van der Waals surface area contributed by atoms with Gasteiger partial charge in [-0.05, 0) is 43.9 Å². The molecule has 3 atom stereocenters. The third-order valence-corrected chi connectivity index (χ3v) is 4.39. The van der Waals surface area contributed by atoms with Crippen LogP contribution in [0.4, 0.5) is 0 Å². The molecule has 0 bridgehead atoms. The highest BCUT2D eigenvalue weighted by Gasteiger charge is 2.45. The molecular formula is C17H21ClO4. The van der Waals surface area contributed by atoms with Crippen molar-refractivity contribution in [1.29, 1.82) is 0 Å². The van der Waals surface area contributed by atoms with Crippen molar-refractivity contribution in [3.8, 4) is 0 Å². The molecule has 4 nitrogen and oxygen atoms in total. The van der Waals surface area contributed by atoms with Gasteiger partial charge in [0.2, 0.25) is 0 Å². The number of carbonyl (C=O) groups is 1. The standard InChI is InChI=1S/C17H21ClO4/c1-17(2)21-10-13(22-17)7-8-20-16(19)15-9-14(15)11-3-5-12(18)6-4-11/h3-6,13-15H,7-10H2,1-2H3/t13-,14+,15+/m0/s1. The maximum absolute atomic E-state index is 12.0. The van der Waals surface area contributed by atoms with Crippen LogP contribution in [0.15, 0.2) is 24.3 Å². The van der Waals surface area contributed by atoms with E-state index in [4.69, 9.17) is 25.8 Å². The van der Waals surface area contributed by atoms with Gasteiger partial charge >= 0.3 is 5.97 Å². The molecule has 0 unspecified atom stereocenters. The highest BCUT2D eigenvalue weighted by Crippen LogP contribution is 2.48. The van der Waals surface area contributed by atoms with E-state index in [0.29, 0.717) is 24.7 Å². The number of rotatable bonds is 5. The summed E-state index contributed by atoms with van der Waals surface area (Å²) in [5.41, 5.74) is 1.15. The van der Waals surface area contributed by atoms with E-state index in [1.807, 2.05) is 38.1 Å². The van der Waals surface area contributed by atoms with Crippen molar-refractivity contribution < 1.29 is 19.0 Å². The summed E-state index contributed by atoms with van der Waals surface area (Å²) in [5, 5.41) is 0.713. The van der Waals surface area contributed by atoms with Gasteiger partial charge in [-0.15, -0.1) is 0 Å². The molecular weight excluding hydrogens is 304 g/mol. The second-order valence-electron chi connectivity index (χ2n) is 6.41. The van der Waals surface area contributed by atoms with Gasteiger partial charge < -0.3 is 14.2 Å². The molecule has 1 aliphatic carbocycles. The Kier molecular flexibility index (Phi) is 4.44. The van der Waals surface area contributed by atoms with Crippen LogP contribution >= 0.6 is 11.6 Å². The van der Waals surface area contributed by atoms with Gasteiger partial charge in [-0.1, -0.05) is 23.7 Å². The highest BCUT2D eigenvalue weighted by molar-refractivity contribution is 6.30. The summed E-state index contributed by atoms with van der Waals surface area (Å²) in [6.07, 6.45) is 1.54. The Hall–Kier alpha value is -1.10. The lowest BCUT2D eigenvalue weighted by molar-refractivity contribution is -0.149. The zero-order valence-corrected chi connectivity index (χ0v) is 13.6. The van der Waals surface area contributed by atoms with Crippen molar-refractivity contribution in [3.63, 3.8) is 0 Å². The first kappa shape index (κ1) is 15.8. The van der Waals surface area contributed by atoms with Crippen molar-refractivity contribution in [2.75, 3.05) is 13.2 Å². The summed E-state index contributed by atoms with van der Waals surface area (Å²) >= 11 is 5.87. The van der Waals surface area contributed by atoms with E-state index in [9.17, 15) is 4.79 Å². The van der Waals surface area contributed by atoms with Crippen molar-refractivity contribution in [3.05, 3.63) is 34.9 Å². The second kappa shape index (κ2) is 6.19. The third kappa shape index (κ3) is 3.80. The molecule has 1 aliphatic heterocycles. The van der Waals surface area contributed by atoms with Gasteiger partial charge in [0.05, 0.1) is 25.2 Å².